The molecule has 2 aromatic carbocycles. The van der Waals surface area contributed by atoms with Crippen molar-refractivity contribution in [3.63, 3.8) is 0 Å². The Morgan fingerprint density at radius 1 is 1.21 bits per heavy atom. The number of carbonyl (C=O) groups excluding carboxylic acids is 1. The van der Waals surface area contributed by atoms with Gasteiger partial charge in [0, 0.05) is 36.1 Å². The van der Waals surface area contributed by atoms with Crippen LogP contribution in [-0.4, -0.2) is 20.4 Å². The minimum absolute atomic E-state index is 0.141. The summed E-state index contributed by atoms with van der Waals surface area (Å²) in [5.41, 5.74) is 3.39. The first-order valence-corrected chi connectivity index (χ1v) is 9.10. The fourth-order valence-corrected chi connectivity index (χ4v) is 3.06. The molecule has 1 heterocycles. The molecule has 0 saturated carbocycles. The van der Waals surface area contributed by atoms with E-state index in [9.17, 15) is 14.9 Å². The van der Waals surface area contributed by atoms with Gasteiger partial charge < -0.3 is 5.32 Å². The van der Waals surface area contributed by atoms with E-state index in [0.29, 0.717) is 29.8 Å². The summed E-state index contributed by atoms with van der Waals surface area (Å²) in [6.07, 6.45) is 4.46. The lowest BCUT2D eigenvalue weighted by Crippen LogP contribution is -2.13. The van der Waals surface area contributed by atoms with Gasteiger partial charge in [-0.25, -0.2) is 4.98 Å². The number of carbonyl (C=O) groups is 1. The molecule has 0 bridgehead atoms. The molecule has 28 heavy (non-hydrogen) atoms. The van der Waals surface area contributed by atoms with Crippen LogP contribution in [-0.2, 0) is 4.79 Å². The summed E-state index contributed by atoms with van der Waals surface area (Å²) in [6, 6.07) is 11.2. The molecule has 144 valence electrons. The molecule has 0 aliphatic carbocycles. The largest absolute Gasteiger partial charge is 0.320 e. The first-order chi connectivity index (χ1) is 13.4. The van der Waals surface area contributed by atoms with E-state index in [1.165, 1.54) is 6.07 Å². The first-order valence-electron chi connectivity index (χ1n) is 9.10. The number of nitrogens with one attached hydrogen (secondary N) is 1. The average molecular weight is 378 g/mol. The zero-order chi connectivity index (χ0) is 20.3. The summed E-state index contributed by atoms with van der Waals surface area (Å²) in [6.45, 7) is 5.64. The van der Waals surface area contributed by atoms with Crippen LogP contribution in [0.1, 0.15) is 30.9 Å². The molecule has 1 aromatic heterocycles. The van der Waals surface area contributed by atoms with E-state index in [2.05, 4.69) is 10.3 Å². The number of rotatable bonds is 6. The fourth-order valence-electron chi connectivity index (χ4n) is 3.06. The zero-order valence-corrected chi connectivity index (χ0v) is 16.1. The van der Waals surface area contributed by atoms with Crippen molar-refractivity contribution in [1.82, 2.24) is 9.55 Å². The zero-order valence-electron chi connectivity index (χ0n) is 16.1. The Kier molecular flexibility index (Phi) is 5.54. The third-order valence-electron chi connectivity index (χ3n) is 4.46. The van der Waals surface area contributed by atoms with Crippen molar-refractivity contribution in [2.75, 3.05) is 5.32 Å². The Hall–Kier alpha value is -3.48. The summed E-state index contributed by atoms with van der Waals surface area (Å²) < 4.78 is 1.88. The van der Waals surface area contributed by atoms with Gasteiger partial charge in [0.2, 0.25) is 5.91 Å². The number of nitro groups is 1. The van der Waals surface area contributed by atoms with Crippen molar-refractivity contribution >= 4 is 17.3 Å². The summed E-state index contributed by atoms with van der Waals surface area (Å²) in [4.78, 5) is 27.5. The van der Waals surface area contributed by atoms with Crippen LogP contribution in [0, 0.1) is 24.0 Å². The summed E-state index contributed by atoms with van der Waals surface area (Å²) in [5, 5.41) is 14.3. The van der Waals surface area contributed by atoms with Crippen LogP contribution in [0.4, 0.5) is 11.4 Å². The number of amides is 1. The Labute approximate surface area is 163 Å². The lowest BCUT2D eigenvalue weighted by molar-refractivity contribution is -0.383. The number of anilines is 1. The molecular weight excluding hydrogens is 356 g/mol. The number of nitro benzene ring substituents is 1. The molecule has 7 heteroatoms. The van der Waals surface area contributed by atoms with Crippen LogP contribution < -0.4 is 5.32 Å². The van der Waals surface area contributed by atoms with E-state index in [1.54, 1.807) is 13.1 Å². The van der Waals surface area contributed by atoms with Gasteiger partial charge >= 0.3 is 0 Å². The summed E-state index contributed by atoms with van der Waals surface area (Å²) in [5.74, 6) is 0.365. The molecule has 0 radical (unpaired) electrons. The standard InChI is InChI=1S/C21H22N4O3/c1-4-5-19(26)23-20-15(3)12-16(13-18(20)25(27)28)21-22-10-11-24(21)17-8-6-14(2)7-9-17/h6-13H,4-5H2,1-3H3,(H,23,26). The van der Waals surface area contributed by atoms with Crippen LogP contribution in [0.2, 0.25) is 0 Å². The monoisotopic (exact) mass is 378 g/mol. The molecule has 0 saturated heterocycles. The maximum atomic E-state index is 12.0. The second-order valence-electron chi connectivity index (χ2n) is 6.70. The smallest absolute Gasteiger partial charge is 0.293 e. The average Bonchev–Trinajstić information content (AvgIpc) is 3.13. The van der Waals surface area contributed by atoms with Crippen molar-refractivity contribution in [1.29, 1.82) is 0 Å². The maximum Gasteiger partial charge on any atom is 0.293 e. The summed E-state index contributed by atoms with van der Waals surface area (Å²) in [7, 11) is 0. The highest BCUT2D eigenvalue weighted by Gasteiger charge is 2.21. The van der Waals surface area contributed by atoms with Crippen molar-refractivity contribution in [2.45, 2.75) is 33.6 Å². The number of aryl methyl sites for hydroxylation is 2. The van der Waals surface area contributed by atoms with E-state index in [-0.39, 0.29) is 17.3 Å². The van der Waals surface area contributed by atoms with Crippen LogP contribution >= 0.6 is 0 Å². The van der Waals surface area contributed by atoms with E-state index in [4.69, 9.17) is 0 Å². The van der Waals surface area contributed by atoms with Gasteiger partial charge in [0.1, 0.15) is 11.5 Å². The van der Waals surface area contributed by atoms with Crippen LogP contribution in [0.5, 0.6) is 0 Å². The number of imidazole rings is 1. The Balaban J connectivity index is 2.07. The van der Waals surface area contributed by atoms with Crippen LogP contribution in [0.3, 0.4) is 0 Å². The van der Waals surface area contributed by atoms with Gasteiger partial charge in [-0.3, -0.25) is 19.5 Å². The molecule has 3 rings (SSSR count). The Bertz CT molecular complexity index is 1020. The molecule has 7 nitrogen and oxygen atoms in total. The normalized spacial score (nSPS) is 10.7. The van der Waals surface area contributed by atoms with Gasteiger partial charge in [-0.1, -0.05) is 24.6 Å². The van der Waals surface area contributed by atoms with Crippen molar-refractivity contribution in [2.24, 2.45) is 0 Å². The van der Waals surface area contributed by atoms with E-state index >= 15 is 0 Å². The van der Waals surface area contributed by atoms with Gasteiger partial charge in [0.05, 0.1) is 4.92 Å². The van der Waals surface area contributed by atoms with E-state index in [1.807, 2.05) is 54.9 Å². The molecule has 3 aromatic rings. The number of nitrogens with zero attached hydrogens (tertiary/aromatic N) is 3. The third kappa shape index (κ3) is 3.93. The number of benzene rings is 2. The Morgan fingerprint density at radius 2 is 1.93 bits per heavy atom. The third-order valence-corrected chi connectivity index (χ3v) is 4.46. The second-order valence-corrected chi connectivity index (χ2v) is 6.70. The molecule has 0 aliphatic heterocycles. The van der Waals surface area contributed by atoms with Crippen molar-refractivity contribution < 1.29 is 9.72 Å². The van der Waals surface area contributed by atoms with Gasteiger partial charge in [0.15, 0.2) is 0 Å². The van der Waals surface area contributed by atoms with Gasteiger partial charge in [-0.15, -0.1) is 0 Å². The molecule has 0 aliphatic rings. The highest BCUT2D eigenvalue weighted by Crippen LogP contribution is 2.34. The van der Waals surface area contributed by atoms with Crippen LogP contribution in [0.15, 0.2) is 48.8 Å². The topological polar surface area (TPSA) is 90.1 Å². The fraction of sp³-hybridized carbons (Fsp3) is 0.238. The minimum atomic E-state index is -0.475. The highest BCUT2D eigenvalue weighted by atomic mass is 16.6. The van der Waals surface area contributed by atoms with Gasteiger partial charge in [-0.2, -0.15) is 0 Å². The van der Waals surface area contributed by atoms with Gasteiger partial charge in [-0.05, 0) is 44.0 Å². The lowest BCUT2D eigenvalue weighted by atomic mass is 10.1. The van der Waals surface area contributed by atoms with Crippen LogP contribution in [0.25, 0.3) is 17.1 Å². The van der Waals surface area contributed by atoms with E-state index < -0.39 is 4.92 Å². The highest BCUT2D eigenvalue weighted by molar-refractivity contribution is 5.94. The molecule has 0 atom stereocenters. The molecule has 1 N–H and O–H groups in total. The molecule has 0 unspecified atom stereocenters. The predicted octanol–water partition coefficient (Wildman–Crippen LogP) is 4.80. The quantitative estimate of drug-likeness (QED) is 0.493. The number of hydrogen-bond acceptors (Lipinski definition) is 4. The number of aromatic nitrogens is 2. The second kappa shape index (κ2) is 8.04. The molecule has 0 fully saturated rings. The number of hydrogen-bond donors (Lipinski definition) is 1. The lowest BCUT2D eigenvalue weighted by Gasteiger charge is -2.13. The minimum Gasteiger partial charge on any atom is -0.320 e. The predicted molar refractivity (Wildman–Crippen MR) is 109 cm³/mol. The molecular formula is C21H22N4O3. The van der Waals surface area contributed by atoms with Crippen molar-refractivity contribution in [3.8, 4) is 17.1 Å². The SMILES string of the molecule is CCCC(=O)Nc1c(C)cc(-c2nccn2-c2ccc(C)cc2)cc1[N+](=O)[O-]. The summed E-state index contributed by atoms with van der Waals surface area (Å²) >= 11 is 0. The maximum absolute atomic E-state index is 12.0. The van der Waals surface area contributed by atoms with E-state index in [0.717, 1.165) is 11.3 Å². The Morgan fingerprint density at radius 3 is 2.57 bits per heavy atom. The van der Waals surface area contributed by atoms with Crippen molar-refractivity contribution in [3.05, 3.63) is 70.0 Å². The molecule has 0 spiro atoms. The molecule has 1 amide bonds. The first kappa shape index (κ1) is 19.3. The van der Waals surface area contributed by atoms with Gasteiger partial charge in [0.25, 0.3) is 5.69 Å².